The number of methoxy groups -OCH3 is 2. The zero-order valence-corrected chi connectivity index (χ0v) is 9.65. The minimum Gasteiger partial charge on any atom is -0.496 e. The van der Waals surface area contributed by atoms with Gasteiger partial charge in [0.05, 0.1) is 31.8 Å². The number of aldehydes is 2. The van der Waals surface area contributed by atoms with Crippen LogP contribution in [-0.2, 0) is 4.79 Å². The molecular weight excluding hydrogens is 220 g/mol. The van der Waals surface area contributed by atoms with E-state index >= 15 is 0 Å². The summed E-state index contributed by atoms with van der Waals surface area (Å²) in [7, 11) is 2.96. The van der Waals surface area contributed by atoms with Crippen molar-refractivity contribution in [3.63, 3.8) is 0 Å². The zero-order valence-electron chi connectivity index (χ0n) is 9.65. The Morgan fingerprint density at radius 1 is 1.18 bits per heavy atom. The summed E-state index contributed by atoms with van der Waals surface area (Å²) in [5.74, 6) is 6.37. The fourth-order valence-electron chi connectivity index (χ4n) is 1.30. The van der Waals surface area contributed by atoms with Gasteiger partial charge in [-0.1, -0.05) is 11.8 Å². The van der Waals surface area contributed by atoms with Crippen LogP contribution in [0.15, 0.2) is 12.1 Å². The Labute approximate surface area is 99.5 Å². The number of carbonyl (C=O) groups is 2. The Balaban J connectivity index is 3.24. The number of carbonyl (C=O) groups excluding carboxylic acids is 2. The van der Waals surface area contributed by atoms with Gasteiger partial charge in [0.25, 0.3) is 0 Å². The summed E-state index contributed by atoms with van der Waals surface area (Å²) in [5.41, 5.74) is 0.974. The van der Waals surface area contributed by atoms with Gasteiger partial charge in [-0.2, -0.15) is 0 Å². The predicted octanol–water partition coefficient (Wildman–Crippen LogP) is 1.46. The Hall–Kier alpha value is -2.28. The molecule has 1 aromatic carbocycles. The molecule has 0 unspecified atom stereocenters. The first-order valence-corrected chi connectivity index (χ1v) is 4.90. The highest BCUT2D eigenvalue weighted by atomic mass is 16.5. The van der Waals surface area contributed by atoms with E-state index in [0.717, 1.165) is 6.29 Å². The van der Waals surface area contributed by atoms with Gasteiger partial charge in [-0.3, -0.25) is 4.79 Å². The second-order valence-corrected chi connectivity index (χ2v) is 3.08. The first-order valence-electron chi connectivity index (χ1n) is 4.90. The Morgan fingerprint density at radius 2 is 1.88 bits per heavy atom. The molecule has 0 bridgehead atoms. The average molecular weight is 232 g/mol. The Bertz CT molecular complexity index is 480. The second kappa shape index (κ2) is 6.33. The standard InChI is InChI=1S/C13H12O4/c1-16-12-8-11(9-15)13(17-2)7-10(12)5-3-4-6-14/h6-9H,4H2,1-2H3. The molecular formula is C13H12O4. The van der Waals surface area contributed by atoms with E-state index in [4.69, 9.17) is 9.47 Å². The number of benzene rings is 1. The van der Waals surface area contributed by atoms with Gasteiger partial charge in [0.2, 0.25) is 0 Å². The highest BCUT2D eigenvalue weighted by Gasteiger charge is 2.08. The number of ether oxygens (including phenoxy) is 2. The van der Waals surface area contributed by atoms with Crippen molar-refractivity contribution in [1.82, 2.24) is 0 Å². The lowest BCUT2D eigenvalue weighted by Crippen LogP contribution is -1.95. The van der Waals surface area contributed by atoms with Gasteiger partial charge < -0.3 is 14.3 Å². The van der Waals surface area contributed by atoms with E-state index in [-0.39, 0.29) is 6.42 Å². The minimum atomic E-state index is 0.154. The lowest BCUT2D eigenvalue weighted by molar-refractivity contribution is -0.107. The van der Waals surface area contributed by atoms with Crippen molar-refractivity contribution < 1.29 is 19.1 Å². The van der Waals surface area contributed by atoms with Gasteiger partial charge in [-0.05, 0) is 6.07 Å². The van der Waals surface area contributed by atoms with Gasteiger partial charge in [0.15, 0.2) is 6.29 Å². The number of hydrogen-bond donors (Lipinski definition) is 0. The molecule has 0 aromatic heterocycles. The molecule has 0 aliphatic heterocycles. The Kier molecular flexibility index (Phi) is 4.77. The van der Waals surface area contributed by atoms with Crippen LogP contribution in [0.25, 0.3) is 0 Å². The van der Waals surface area contributed by atoms with E-state index in [2.05, 4.69) is 11.8 Å². The number of hydrogen-bond acceptors (Lipinski definition) is 4. The van der Waals surface area contributed by atoms with E-state index in [9.17, 15) is 9.59 Å². The first kappa shape index (κ1) is 12.8. The number of rotatable bonds is 4. The topological polar surface area (TPSA) is 52.6 Å². The largest absolute Gasteiger partial charge is 0.496 e. The molecule has 0 fully saturated rings. The molecule has 0 amide bonds. The summed E-state index contributed by atoms with van der Waals surface area (Å²) >= 11 is 0. The van der Waals surface area contributed by atoms with Crippen LogP contribution in [0.1, 0.15) is 22.3 Å². The molecule has 0 aliphatic carbocycles. The predicted molar refractivity (Wildman–Crippen MR) is 62.5 cm³/mol. The molecule has 17 heavy (non-hydrogen) atoms. The van der Waals surface area contributed by atoms with Crippen molar-refractivity contribution in [3.05, 3.63) is 23.3 Å². The van der Waals surface area contributed by atoms with Crippen molar-refractivity contribution >= 4 is 12.6 Å². The van der Waals surface area contributed by atoms with E-state index in [0.29, 0.717) is 28.9 Å². The monoisotopic (exact) mass is 232 g/mol. The maximum absolute atomic E-state index is 10.8. The third kappa shape index (κ3) is 3.08. The third-order valence-corrected chi connectivity index (χ3v) is 2.09. The summed E-state index contributed by atoms with van der Waals surface area (Å²) in [4.78, 5) is 21.0. The van der Waals surface area contributed by atoms with Crippen molar-refractivity contribution in [2.75, 3.05) is 14.2 Å². The molecule has 0 atom stereocenters. The van der Waals surface area contributed by atoms with Gasteiger partial charge in [0, 0.05) is 6.07 Å². The van der Waals surface area contributed by atoms with Crippen LogP contribution in [0, 0.1) is 11.8 Å². The highest BCUT2D eigenvalue weighted by molar-refractivity contribution is 5.81. The summed E-state index contributed by atoms with van der Waals surface area (Å²) < 4.78 is 10.2. The van der Waals surface area contributed by atoms with Crippen LogP contribution in [0.3, 0.4) is 0 Å². The summed E-state index contributed by atoms with van der Waals surface area (Å²) in [6.07, 6.45) is 1.56. The molecule has 88 valence electrons. The lowest BCUT2D eigenvalue weighted by atomic mass is 10.1. The van der Waals surface area contributed by atoms with E-state index < -0.39 is 0 Å². The lowest BCUT2D eigenvalue weighted by Gasteiger charge is -2.08. The van der Waals surface area contributed by atoms with Crippen LogP contribution in [-0.4, -0.2) is 26.8 Å². The summed E-state index contributed by atoms with van der Waals surface area (Å²) in [5, 5.41) is 0. The van der Waals surface area contributed by atoms with Crippen LogP contribution in [0.4, 0.5) is 0 Å². The average Bonchev–Trinajstić information content (AvgIpc) is 2.38. The first-order chi connectivity index (χ1) is 8.26. The van der Waals surface area contributed by atoms with Crippen LogP contribution >= 0.6 is 0 Å². The van der Waals surface area contributed by atoms with Crippen molar-refractivity contribution in [2.24, 2.45) is 0 Å². The van der Waals surface area contributed by atoms with Gasteiger partial charge >= 0.3 is 0 Å². The summed E-state index contributed by atoms with van der Waals surface area (Å²) in [6, 6.07) is 3.16. The normalized spacial score (nSPS) is 8.82. The molecule has 0 N–H and O–H groups in total. The van der Waals surface area contributed by atoms with Crippen molar-refractivity contribution in [2.45, 2.75) is 6.42 Å². The molecule has 4 heteroatoms. The van der Waals surface area contributed by atoms with Gasteiger partial charge in [-0.15, -0.1) is 0 Å². The summed E-state index contributed by atoms with van der Waals surface area (Å²) in [6.45, 7) is 0. The second-order valence-electron chi connectivity index (χ2n) is 3.08. The maximum atomic E-state index is 10.8. The van der Waals surface area contributed by atoms with Crippen LogP contribution < -0.4 is 9.47 Å². The molecule has 1 aromatic rings. The quantitative estimate of drug-likeness (QED) is 0.582. The molecule has 4 nitrogen and oxygen atoms in total. The zero-order chi connectivity index (χ0) is 12.7. The van der Waals surface area contributed by atoms with E-state index in [1.165, 1.54) is 14.2 Å². The van der Waals surface area contributed by atoms with Crippen molar-refractivity contribution in [1.29, 1.82) is 0 Å². The SMILES string of the molecule is COc1cc(C=O)c(OC)cc1C#CCC=O. The van der Waals surface area contributed by atoms with E-state index in [1.54, 1.807) is 12.1 Å². The van der Waals surface area contributed by atoms with Gasteiger partial charge in [0.1, 0.15) is 17.8 Å². The third-order valence-electron chi connectivity index (χ3n) is 2.09. The van der Waals surface area contributed by atoms with Crippen molar-refractivity contribution in [3.8, 4) is 23.3 Å². The molecule has 0 saturated heterocycles. The molecule has 0 spiro atoms. The van der Waals surface area contributed by atoms with Crippen LogP contribution in [0.2, 0.25) is 0 Å². The molecule has 1 rings (SSSR count). The molecule has 0 radical (unpaired) electrons. The van der Waals surface area contributed by atoms with Crippen LogP contribution in [0.5, 0.6) is 11.5 Å². The highest BCUT2D eigenvalue weighted by Crippen LogP contribution is 2.27. The smallest absolute Gasteiger partial charge is 0.153 e. The fraction of sp³-hybridized carbons (Fsp3) is 0.231. The van der Waals surface area contributed by atoms with E-state index in [1.807, 2.05) is 0 Å². The van der Waals surface area contributed by atoms with Gasteiger partial charge in [-0.25, -0.2) is 0 Å². The molecule has 0 saturated carbocycles. The molecule has 0 aliphatic rings. The fourth-order valence-corrected chi connectivity index (χ4v) is 1.30. The minimum absolute atomic E-state index is 0.154. The Morgan fingerprint density at radius 3 is 2.41 bits per heavy atom. The maximum Gasteiger partial charge on any atom is 0.153 e. The molecule has 0 heterocycles.